The number of aryl methyl sites for hydroxylation is 1. The minimum absolute atomic E-state index is 0.0543. The van der Waals surface area contributed by atoms with Crippen molar-refractivity contribution < 1.29 is 9.53 Å². The highest BCUT2D eigenvalue weighted by Gasteiger charge is 2.19. The molecule has 4 nitrogen and oxygen atoms in total. The minimum Gasteiger partial charge on any atom is -0.383 e. The van der Waals surface area contributed by atoms with Gasteiger partial charge in [-0.15, -0.1) is 0 Å². The van der Waals surface area contributed by atoms with Gasteiger partial charge in [-0.25, -0.2) is 0 Å². The molecule has 96 valence electrons. The highest BCUT2D eigenvalue weighted by molar-refractivity contribution is 7.10. The maximum Gasteiger partial charge on any atom is 0.164 e. The Bertz CT molecular complexity index is 388. The molecular weight excluding hydrogens is 236 g/mol. The first-order valence-electron chi connectivity index (χ1n) is 5.70. The first-order valence-corrected chi connectivity index (χ1v) is 6.47. The number of carbonyl (C=O) groups excluding carboxylic acids is 1. The summed E-state index contributed by atoms with van der Waals surface area (Å²) in [6.07, 6.45) is 0. The van der Waals surface area contributed by atoms with Crippen LogP contribution in [0.4, 0.5) is 5.00 Å². The molecule has 0 aromatic carbocycles. The lowest BCUT2D eigenvalue weighted by Crippen LogP contribution is -2.30. The number of rotatable bonds is 6. The molecule has 1 aromatic heterocycles. The number of methoxy groups -OCH3 is 1. The molecule has 1 aromatic rings. The van der Waals surface area contributed by atoms with Crippen molar-refractivity contribution in [1.29, 1.82) is 0 Å². The van der Waals surface area contributed by atoms with Crippen LogP contribution < -0.4 is 5.32 Å². The number of hydrogen-bond donors (Lipinski definition) is 1. The molecule has 1 N–H and O–H groups in total. The Morgan fingerprint density at radius 1 is 1.53 bits per heavy atom. The summed E-state index contributed by atoms with van der Waals surface area (Å²) in [4.78, 5) is 11.6. The highest BCUT2D eigenvalue weighted by atomic mass is 32.1. The van der Waals surface area contributed by atoms with Crippen LogP contribution >= 0.6 is 11.5 Å². The molecule has 1 heterocycles. The second-order valence-electron chi connectivity index (χ2n) is 4.48. The number of carbonyl (C=O) groups is 1. The van der Waals surface area contributed by atoms with E-state index >= 15 is 0 Å². The number of ether oxygens (including phenoxy) is 1. The van der Waals surface area contributed by atoms with Crippen LogP contribution in [-0.2, 0) is 4.74 Å². The molecule has 0 aliphatic heterocycles. The van der Waals surface area contributed by atoms with Crippen molar-refractivity contribution in [3.8, 4) is 0 Å². The van der Waals surface area contributed by atoms with Crippen molar-refractivity contribution in [2.24, 2.45) is 5.92 Å². The molecule has 0 bridgehead atoms. The van der Waals surface area contributed by atoms with Crippen LogP contribution in [0.15, 0.2) is 0 Å². The van der Waals surface area contributed by atoms with E-state index in [1.54, 1.807) is 14.0 Å². The normalized spacial score (nSPS) is 12.8. The van der Waals surface area contributed by atoms with Crippen LogP contribution in [0.1, 0.15) is 36.8 Å². The van der Waals surface area contributed by atoms with Crippen molar-refractivity contribution in [3.63, 3.8) is 0 Å². The third-order valence-electron chi connectivity index (χ3n) is 2.68. The number of Topliss-reactive ketones (excluding diaryl/α,β-unsaturated/α-hetero) is 1. The lowest BCUT2D eigenvalue weighted by molar-refractivity contribution is 0.101. The topological polar surface area (TPSA) is 51.2 Å². The van der Waals surface area contributed by atoms with Crippen molar-refractivity contribution in [2.45, 2.75) is 33.7 Å². The van der Waals surface area contributed by atoms with Gasteiger partial charge in [0.05, 0.1) is 23.9 Å². The molecule has 1 rings (SSSR count). The SMILES string of the molecule is COCC(Nc1snc(C)c1C(C)=O)C(C)C. The molecule has 17 heavy (non-hydrogen) atoms. The Labute approximate surface area is 107 Å². The predicted octanol–water partition coefficient (Wildman–Crippen LogP) is 2.74. The molecule has 0 spiro atoms. The fraction of sp³-hybridized carbons (Fsp3) is 0.667. The Balaban J connectivity index is 2.89. The molecule has 0 radical (unpaired) electrons. The van der Waals surface area contributed by atoms with Crippen LogP contribution in [0.5, 0.6) is 0 Å². The fourth-order valence-corrected chi connectivity index (χ4v) is 2.54. The average Bonchev–Trinajstić information content (AvgIpc) is 2.59. The Hall–Kier alpha value is -0.940. The first-order chi connectivity index (χ1) is 7.97. The van der Waals surface area contributed by atoms with E-state index < -0.39 is 0 Å². The van der Waals surface area contributed by atoms with Crippen LogP contribution in [-0.4, -0.2) is 29.9 Å². The first kappa shape index (κ1) is 14.1. The average molecular weight is 256 g/mol. The molecule has 0 aliphatic carbocycles. The minimum atomic E-state index is 0.0543. The van der Waals surface area contributed by atoms with Gasteiger partial charge in [0.25, 0.3) is 0 Å². The second-order valence-corrected chi connectivity index (χ2v) is 5.25. The van der Waals surface area contributed by atoms with Gasteiger partial charge in [0.2, 0.25) is 0 Å². The summed E-state index contributed by atoms with van der Waals surface area (Å²) in [6.45, 7) is 8.30. The quantitative estimate of drug-likeness (QED) is 0.795. The fourth-order valence-electron chi connectivity index (χ4n) is 1.63. The maximum absolute atomic E-state index is 11.6. The van der Waals surface area contributed by atoms with Gasteiger partial charge in [-0.05, 0) is 31.3 Å². The lowest BCUT2D eigenvalue weighted by Gasteiger charge is -2.22. The van der Waals surface area contributed by atoms with E-state index in [-0.39, 0.29) is 11.8 Å². The summed E-state index contributed by atoms with van der Waals surface area (Å²) in [7, 11) is 1.68. The highest BCUT2D eigenvalue weighted by Crippen LogP contribution is 2.26. The van der Waals surface area contributed by atoms with Crippen molar-refractivity contribution in [3.05, 3.63) is 11.3 Å². The van der Waals surface area contributed by atoms with Crippen LogP contribution in [0.25, 0.3) is 0 Å². The molecule has 0 amide bonds. The summed E-state index contributed by atoms with van der Waals surface area (Å²) >= 11 is 1.34. The zero-order valence-electron chi connectivity index (χ0n) is 11.0. The van der Waals surface area contributed by atoms with Gasteiger partial charge < -0.3 is 10.1 Å². The van der Waals surface area contributed by atoms with Gasteiger partial charge in [-0.1, -0.05) is 13.8 Å². The standard InChI is InChI=1S/C12H20N2O2S/c1-7(2)10(6-16-5)13-12-11(9(4)15)8(3)14-17-12/h7,10,13H,6H2,1-5H3. The van der Waals surface area contributed by atoms with E-state index in [4.69, 9.17) is 4.74 Å². The Morgan fingerprint density at radius 3 is 2.65 bits per heavy atom. The number of nitrogens with one attached hydrogen (secondary N) is 1. The third kappa shape index (κ3) is 3.51. The molecule has 1 atom stereocenters. The van der Waals surface area contributed by atoms with E-state index in [1.165, 1.54) is 11.5 Å². The Kier molecular flexibility index (Phi) is 5.08. The van der Waals surface area contributed by atoms with Crippen molar-refractivity contribution in [1.82, 2.24) is 4.37 Å². The van der Waals surface area contributed by atoms with Gasteiger partial charge in [0.1, 0.15) is 5.00 Å². The van der Waals surface area contributed by atoms with Gasteiger partial charge in [0.15, 0.2) is 5.78 Å². The summed E-state index contributed by atoms with van der Waals surface area (Å²) in [5.41, 5.74) is 1.50. The second kappa shape index (κ2) is 6.12. The largest absolute Gasteiger partial charge is 0.383 e. The van der Waals surface area contributed by atoms with E-state index in [0.29, 0.717) is 18.1 Å². The summed E-state index contributed by atoms with van der Waals surface area (Å²) < 4.78 is 9.41. The summed E-state index contributed by atoms with van der Waals surface area (Å²) in [6, 6.07) is 0.193. The van der Waals surface area contributed by atoms with Crippen LogP contribution in [0.3, 0.4) is 0 Å². The van der Waals surface area contributed by atoms with Gasteiger partial charge in [-0.3, -0.25) is 4.79 Å². The van der Waals surface area contributed by atoms with E-state index in [0.717, 1.165) is 10.7 Å². The monoisotopic (exact) mass is 256 g/mol. The predicted molar refractivity (Wildman–Crippen MR) is 71.0 cm³/mol. The molecule has 0 fully saturated rings. The van der Waals surface area contributed by atoms with E-state index in [2.05, 4.69) is 23.5 Å². The molecule has 0 aliphatic rings. The van der Waals surface area contributed by atoms with E-state index in [1.807, 2.05) is 6.92 Å². The summed E-state index contributed by atoms with van der Waals surface area (Å²) in [5.74, 6) is 0.482. The zero-order valence-corrected chi connectivity index (χ0v) is 11.9. The number of anilines is 1. The van der Waals surface area contributed by atoms with Gasteiger partial charge >= 0.3 is 0 Å². The maximum atomic E-state index is 11.6. The van der Waals surface area contributed by atoms with Crippen LogP contribution in [0, 0.1) is 12.8 Å². The Morgan fingerprint density at radius 2 is 2.18 bits per heavy atom. The van der Waals surface area contributed by atoms with Crippen molar-refractivity contribution in [2.75, 3.05) is 19.0 Å². The lowest BCUT2D eigenvalue weighted by atomic mass is 10.1. The smallest absolute Gasteiger partial charge is 0.164 e. The van der Waals surface area contributed by atoms with E-state index in [9.17, 15) is 4.79 Å². The molecule has 0 saturated carbocycles. The zero-order chi connectivity index (χ0) is 13.0. The molecule has 5 heteroatoms. The number of hydrogen-bond acceptors (Lipinski definition) is 5. The number of ketones is 1. The van der Waals surface area contributed by atoms with Crippen molar-refractivity contribution >= 4 is 22.3 Å². The summed E-state index contributed by atoms with van der Waals surface area (Å²) in [5, 5.41) is 4.21. The number of nitrogens with zero attached hydrogens (tertiary/aromatic N) is 1. The molecule has 0 saturated heterocycles. The number of aromatic nitrogens is 1. The molecular formula is C12H20N2O2S. The van der Waals surface area contributed by atoms with Gasteiger partial charge in [-0.2, -0.15) is 4.37 Å². The van der Waals surface area contributed by atoms with Gasteiger partial charge in [0, 0.05) is 7.11 Å². The van der Waals surface area contributed by atoms with Crippen LogP contribution in [0.2, 0.25) is 0 Å². The molecule has 1 unspecified atom stereocenters. The third-order valence-corrected chi connectivity index (χ3v) is 3.55.